The van der Waals surface area contributed by atoms with Crippen molar-refractivity contribution in [1.29, 1.82) is 0 Å². The molecule has 0 amide bonds. The number of carbonyl (C=O) groups is 2. The molecule has 2 nitrogen and oxygen atoms in total. The summed E-state index contributed by atoms with van der Waals surface area (Å²) in [7, 11) is -2.47. The van der Waals surface area contributed by atoms with E-state index >= 15 is 0 Å². The first-order chi connectivity index (χ1) is 12.6. The average Bonchev–Trinajstić information content (AvgIpc) is 2.67. The third-order valence-electron chi connectivity index (χ3n) is 4.65. The van der Waals surface area contributed by atoms with E-state index in [9.17, 15) is 9.59 Å². The summed E-state index contributed by atoms with van der Waals surface area (Å²) in [4.78, 5) is 25.5. The van der Waals surface area contributed by atoms with Gasteiger partial charge in [0, 0.05) is 0 Å². The van der Waals surface area contributed by atoms with E-state index in [0.29, 0.717) is 0 Å². The predicted molar refractivity (Wildman–Crippen MR) is 110 cm³/mol. The van der Waals surface area contributed by atoms with Crippen molar-refractivity contribution in [3.63, 3.8) is 0 Å². The van der Waals surface area contributed by atoms with Gasteiger partial charge >= 0.3 is 0 Å². The summed E-state index contributed by atoms with van der Waals surface area (Å²) < 4.78 is 0. The Hall–Kier alpha value is -2.28. The first-order valence-corrected chi connectivity index (χ1v) is 10.5. The molecule has 0 aliphatic heterocycles. The van der Waals surface area contributed by atoms with E-state index in [1.165, 1.54) is 13.8 Å². The molecule has 3 rings (SSSR count). The molecule has 138 valence electrons. The van der Waals surface area contributed by atoms with E-state index in [0.717, 1.165) is 15.9 Å². The lowest BCUT2D eigenvalue weighted by molar-refractivity contribution is -0.124. The zero-order chi connectivity index (χ0) is 18.6. The van der Waals surface area contributed by atoms with Crippen molar-refractivity contribution in [2.24, 2.45) is 0 Å². The van der Waals surface area contributed by atoms with E-state index in [1.807, 2.05) is 91.0 Å². The Morgan fingerprint density at radius 2 is 0.852 bits per heavy atom. The van der Waals surface area contributed by atoms with Crippen LogP contribution in [0.2, 0.25) is 0 Å². The highest BCUT2D eigenvalue weighted by atomic mass is 35.5. The lowest BCUT2D eigenvalue weighted by Gasteiger charge is -2.32. The molecule has 0 aliphatic rings. The van der Waals surface area contributed by atoms with Crippen LogP contribution in [0.15, 0.2) is 91.0 Å². The number of hydrogen-bond donors (Lipinski definition) is 0. The fourth-order valence-corrected chi connectivity index (χ4v) is 8.52. The van der Waals surface area contributed by atoms with Crippen LogP contribution in [0.25, 0.3) is 0 Å². The highest BCUT2D eigenvalue weighted by Crippen LogP contribution is 2.60. The number of ketones is 2. The molecule has 0 radical (unpaired) electrons. The smallest absolute Gasteiger partial charge is 0.198 e. The molecule has 27 heavy (non-hydrogen) atoms. The molecule has 0 atom stereocenters. The fraction of sp³-hybridized carbons (Fsp3) is 0.130. The molecule has 3 aromatic carbocycles. The predicted octanol–water partition coefficient (Wildman–Crippen LogP) is 0.531. The summed E-state index contributed by atoms with van der Waals surface area (Å²) in [6.07, 6.45) is 0. The van der Waals surface area contributed by atoms with Crippen LogP contribution in [0.1, 0.15) is 13.8 Å². The Kier molecular flexibility index (Phi) is 7.07. The number of rotatable bonds is 6. The third kappa shape index (κ3) is 3.88. The lowest BCUT2D eigenvalue weighted by Crippen LogP contribution is -3.00. The summed E-state index contributed by atoms with van der Waals surface area (Å²) in [5.74, 6) is -0.162. The largest absolute Gasteiger partial charge is 1.00 e. The van der Waals surface area contributed by atoms with Gasteiger partial charge in [-0.25, -0.2) is 0 Å². The quantitative estimate of drug-likeness (QED) is 0.450. The van der Waals surface area contributed by atoms with Crippen molar-refractivity contribution in [2.75, 3.05) is 0 Å². The van der Waals surface area contributed by atoms with Crippen molar-refractivity contribution in [3.8, 4) is 0 Å². The monoisotopic (exact) mass is 396 g/mol. The van der Waals surface area contributed by atoms with Crippen LogP contribution in [0.4, 0.5) is 0 Å². The Labute approximate surface area is 167 Å². The van der Waals surface area contributed by atoms with Gasteiger partial charge in [0.25, 0.3) is 0 Å². The molecule has 0 fully saturated rings. The average molecular weight is 397 g/mol. The molecule has 0 heterocycles. The van der Waals surface area contributed by atoms with E-state index in [-0.39, 0.29) is 24.0 Å². The number of hydrogen-bond acceptors (Lipinski definition) is 2. The first kappa shape index (κ1) is 21.0. The van der Waals surface area contributed by atoms with E-state index in [2.05, 4.69) is 0 Å². The minimum absolute atomic E-state index is 0. The van der Waals surface area contributed by atoms with Crippen molar-refractivity contribution in [2.45, 2.75) is 19.5 Å². The molecular formula is C23H22ClO2P. The van der Waals surface area contributed by atoms with Crippen molar-refractivity contribution in [1.82, 2.24) is 0 Å². The third-order valence-corrected chi connectivity index (χ3v) is 9.49. The standard InChI is InChI=1S/C23H22O2P.ClH/c1-18(24)23(19(2)25)26(20-12-6-3-7-13-20,21-14-8-4-9-15-21)22-16-10-5-11-17-22;/h3-17,23H,1-2H3;1H/q+1;/p-1. The fourth-order valence-electron chi connectivity index (χ4n) is 3.72. The molecule has 0 aliphatic carbocycles. The zero-order valence-electron chi connectivity index (χ0n) is 15.4. The summed E-state index contributed by atoms with van der Waals surface area (Å²) in [6, 6.07) is 30.1. The summed E-state index contributed by atoms with van der Waals surface area (Å²) in [6.45, 7) is 3.07. The number of benzene rings is 3. The van der Waals surface area contributed by atoms with Crippen LogP contribution in [0.5, 0.6) is 0 Å². The molecule has 3 aromatic rings. The van der Waals surface area contributed by atoms with Crippen LogP contribution in [0.3, 0.4) is 0 Å². The molecule has 0 N–H and O–H groups in total. The van der Waals surface area contributed by atoms with Gasteiger partial charge in [0.2, 0.25) is 0 Å². The van der Waals surface area contributed by atoms with E-state index < -0.39 is 12.9 Å². The Morgan fingerprint density at radius 3 is 1.07 bits per heavy atom. The van der Waals surface area contributed by atoms with Crippen LogP contribution in [-0.4, -0.2) is 17.2 Å². The minimum Gasteiger partial charge on any atom is -1.00 e. The van der Waals surface area contributed by atoms with Gasteiger partial charge in [-0.3, -0.25) is 9.59 Å². The van der Waals surface area contributed by atoms with Gasteiger partial charge in [0.15, 0.2) is 17.2 Å². The van der Waals surface area contributed by atoms with Gasteiger partial charge in [-0.1, -0.05) is 54.6 Å². The Morgan fingerprint density at radius 1 is 0.593 bits per heavy atom. The number of halogens is 1. The summed E-state index contributed by atoms with van der Waals surface area (Å²) in [5.41, 5.74) is -0.685. The normalized spacial score (nSPS) is 10.9. The van der Waals surface area contributed by atoms with Gasteiger partial charge < -0.3 is 12.4 Å². The molecule has 0 spiro atoms. The molecular weight excluding hydrogens is 375 g/mol. The SMILES string of the molecule is CC(=O)C(C(C)=O)[P+](c1ccccc1)(c1ccccc1)c1ccccc1.[Cl-]. The molecule has 4 heteroatoms. The second-order valence-electron chi connectivity index (χ2n) is 6.35. The minimum atomic E-state index is -2.47. The molecule has 0 bridgehead atoms. The maximum Gasteiger partial charge on any atom is 0.198 e. The van der Waals surface area contributed by atoms with Gasteiger partial charge in [-0.05, 0) is 50.2 Å². The number of Topliss-reactive ketones (excluding diaryl/α,β-unsaturated/α-hetero) is 2. The van der Waals surface area contributed by atoms with Crippen LogP contribution < -0.4 is 28.3 Å². The highest BCUT2D eigenvalue weighted by molar-refractivity contribution is 7.97. The van der Waals surface area contributed by atoms with Gasteiger partial charge in [0.05, 0.1) is 0 Å². The molecule has 0 saturated carbocycles. The van der Waals surface area contributed by atoms with E-state index in [4.69, 9.17) is 0 Å². The zero-order valence-corrected chi connectivity index (χ0v) is 17.0. The van der Waals surface area contributed by atoms with Crippen LogP contribution >= 0.6 is 7.26 Å². The Balaban J connectivity index is 0.00000261. The van der Waals surface area contributed by atoms with Gasteiger partial charge in [0.1, 0.15) is 23.2 Å². The number of carbonyl (C=O) groups excluding carboxylic acids is 2. The Bertz CT molecular complexity index is 785. The maximum absolute atomic E-state index is 12.8. The van der Waals surface area contributed by atoms with Crippen LogP contribution in [-0.2, 0) is 9.59 Å². The van der Waals surface area contributed by atoms with Gasteiger partial charge in [-0.15, -0.1) is 0 Å². The molecule has 0 saturated heterocycles. The van der Waals surface area contributed by atoms with Crippen LogP contribution in [0, 0.1) is 0 Å². The van der Waals surface area contributed by atoms with Crippen molar-refractivity contribution >= 4 is 34.7 Å². The lowest BCUT2D eigenvalue weighted by atomic mass is 10.2. The second kappa shape index (κ2) is 9.08. The summed E-state index contributed by atoms with van der Waals surface area (Å²) >= 11 is 0. The van der Waals surface area contributed by atoms with Crippen molar-refractivity contribution in [3.05, 3.63) is 91.0 Å². The van der Waals surface area contributed by atoms with Gasteiger partial charge in [-0.2, -0.15) is 0 Å². The maximum atomic E-state index is 12.8. The first-order valence-electron chi connectivity index (χ1n) is 8.65. The summed E-state index contributed by atoms with van der Waals surface area (Å²) in [5, 5.41) is 3.15. The molecule has 0 aromatic heterocycles. The second-order valence-corrected chi connectivity index (χ2v) is 9.86. The van der Waals surface area contributed by atoms with Crippen molar-refractivity contribution < 1.29 is 22.0 Å². The highest BCUT2D eigenvalue weighted by Gasteiger charge is 2.56. The topological polar surface area (TPSA) is 34.1 Å². The van der Waals surface area contributed by atoms with E-state index in [1.54, 1.807) is 0 Å². The molecule has 0 unspecified atom stereocenters.